The van der Waals surface area contributed by atoms with Crippen LogP contribution in [0, 0.1) is 5.41 Å². The summed E-state index contributed by atoms with van der Waals surface area (Å²) >= 11 is 3.70. The van der Waals surface area contributed by atoms with E-state index in [4.69, 9.17) is 0 Å². The van der Waals surface area contributed by atoms with Gasteiger partial charge in [-0.1, -0.05) is 36.7 Å². The van der Waals surface area contributed by atoms with Crippen molar-refractivity contribution in [2.75, 3.05) is 0 Å². The van der Waals surface area contributed by atoms with Gasteiger partial charge in [0.25, 0.3) is 0 Å². The molecule has 0 radical (unpaired) electrons. The smallest absolute Gasteiger partial charge is 0.228 e. The molecule has 86 valence electrons. The molecule has 15 heavy (non-hydrogen) atoms. The molecule has 2 nitrogen and oxygen atoms in total. The highest BCUT2D eigenvalue weighted by Gasteiger charge is 2.44. The van der Waals surface area contributed by atoms with Crippen LogP contribution in [0.4, 0.5) is 0 Å². The van der Waals surface area contributed by atoms with Gasteiger partial charge in [-0.15, -0.1) is 0 Å². The molecular formula is C12H20BrNO. The zero-order valence-corrected chi connectivity index (χ0v) is 11.4. The fourth-order valence-corrected chi connectivity index (χ4v) is 3.69. The molecule has 0 aromatic carbocycles. The van der Waals surface area contributed by atoms with Crippen LogP contribution in [-0.4, -0.2) is 27.7 Å². The van der Waals surface area contributed by atoms with Gasteiger partial charge in [-0.05, 0) is 25.7 Å². The molecule has 3 heteroatoms. The summed E-state index contributed by atoms with van der Waals surface area (Å²) in [6, 6.07) is 1.000. The van der Waals surface area contributed by atoms with E-state index >= 15 is 0 Å². The molecule has 2 heterocycles. The number of nitrogens with zero attached hydrogens (tertiary/aromatic N) is 1. The Morgan fingerprint density at radius 1 is 1.20 bits per heavy atom. The summed E-state index contributed by atoms with van der Waals surface area (Å²) < 4.78 is 0. The van der Waals surface area contributed by atoms with E-state index in [1.165, 1.54) is 12.8 Å². The van der Waals surface area contributed by atoms with Crippen molar-refractivity contribution in [2.24, 2.45) is 5.41 Å². The molecule has 0 N–H and O–H groups in total. The molecule has 2 fully saturated rings. The number of carbonyl (C=O) groups excluding carboxylic acids is 1. The van der Waals surface area contributed by atoms with Crippen molar-refractivity contribution >= 4 is 21.8 Å². The lowest BCUT2D eigenvalue weighted by Crippen LogP contribution is -2.50. The third-order valence-corrected chi connectivity index (χ3v) is 4.30. The molecule has 2 unspecified atom stereocenters. The highest BCUT2D eigenvalue weighted by atomic mass is 79.9. The van der Waals surface area contributed by atoms with Crippen LogP contribution in [0.5, 0.6) is 0 Å². The lowest BCUT2D eigenvalue weighted by atomic mass is 9.91. The van der Waals surface area contributed by atoms with Gasteiger partial charge in [0.15, 0.2) is 0 Å². The molecule has 0 saturated carbocycles. The Morgan fingerprint density at radius 3 is 2.07 bits per heavy atom. The molecule has 2 saturated heterocycles. The normalized spacial score (nSPS) is 35.7. The average molecular weight is 274 g/mol. The second-order valence-electron chi connectivity index (χ2n) is 5.92. The van der Waals surface area contributed by atoms with Gasteiger partial charge in [-0.25, -0.2) is 0 Å². The quantitative estimate of drug-likeness (QED) is 0.622. The van der Waals surface area contributed by atoms with E-state index < -0.39 is 0 Å². The van der Waals surface area contributed by atoms with Gasteiger partial charge in [0.2, 0.25) is 5.91 Å². The fraction of sp³-hybridized carbons (Fsp3) is 0.917. The summed E-state index contributed by atoms with van der Waals surface area (Å²) in [7, 11) is 0. The topological polar surface area (TPSA) is 20.3 Å². The van der Waals surface area contributed by atoms with Crippen molar-refractivity contribution in [3.63, 3.8) is 0 Å². The second-order valence-corrected chi connectivity index (χ2v) is 7.21. The Bertz CT molecular complexity index is 257. The van der Waals surface area contributed by atoms with Crippen LogP contribution in [0.1, 0.15) is 46.5 Å². The first-order valence-electron chi connectivity index (χ1n) is 5.86. The number of hydrogen-bond acceptors (Lipinski definition) is 1. The van der Waals surface area contributed by atoms with Crippen LogP contribution in [0.15, 0.2) is 0 Å². The van der Waals surface area contributed by atoms with Gasteiger partial charge in [0.05, 0.1) is 0 Å². The van der Waals surface area contributed by atoms with Crippen molar-refractivity contribution in [2.45, 2.75) is 63.4 Å². The number of carbonyl (C=O) groups is 1. The van der Waals surface area contributed by atoms with E-state index in [2.05, 4.69) is 20.8 Å². The summed E-state index contributed by atoms with van der Waals surface area (Å²) in [4.78, 5) is 15.1. The Balaban J connectivity index is 2.15. The first-order valence-corrected chi connectivity index (χ1v) is 6.78. The number of amides is 1. The fourth-order valence-electron chi connectivity index (χ4n) is 2.83. The molecule has 2 bridgehead atoms. The van der Waals surface area contributed by atoms with Crippen LogP contribution in [-0.2, 0) is 4.79 Å². The minimum atomic E-state index is -0.222. The Hall–Kier alpha value is -0.0500. The van der Waals surface area contributed by atoms with Gasteiger partial charge < -0.3 is 4.90 Å². The molecule has 2 aliphatic heterocycles. The van der Waals surface area contributed by atoms with Crippen molar-refractivity contribution in [1.29, 1.82) is 0 Å². The lowest BCUT2D eigenvalue weighted by molar-refractivity contribution is -0.143. The van der Waals surface area contributed by atoms with Crippen molar-refractivity contribution in [1.82, 2.24) is 4.90 Å². The summed E-state index contributed by atoms with van der Waals surface area (Å²) in [5.74, 6) is 0.342. The largest absolute Gasteiger partial charge is 0.336 e. The Morgan fingerprint density at radius 2 is 1.67 bits per heavy atom. The van der Waals surface area contributed by atoms with E-state index in [1.54, 1.807) is 0 Å². The standard InChI is InChI=1S/C12H20BrNO/c1-12(2,3)11(15)14-9-4-5-10(14)7-8(13)6-9/h8-10H,4-7H2,1-3H3. The molecule has 2 aliphatic rings. The number of piperidine rings is 1. The van der Waals surface area contributed by atoms with Crippen LogP contribution in [0.2, 0.25) is 0 Å². The number of hydrogen-bond donors (Lipinski definition) is 0. The van der Waals surface area contributed by atoms with E-state index in [9.17, 15) is 4.79 Å². The number of halogens is 1. The first-order chi connectivity index (χ1) is 6.89. The SMILES string of the molecule is CC(C)(C)C(=O)N1C2CCC1CC(Br)C2. The highest BCUT2D eigenvalue weighted by molar-refractivity contribution is 9.09. The predicted octanol–water partition coefficient (Wildman–Crippen LogP) is 2.95. The molecule has 2 rings (SSSR count). The van der Waals surface area contributed by atoms with Gasteiger partial charge in [-0.2, -0.15) is 0 Å². The number of rotatable bonds is 0. The molecule has 0 aromatic heterocycles. The summed E-state index contributed by atoms with van der Waals surface area (Å²) in [5.41, 5.74) is -0.222. The van der Waals surface area contributed by atoms with E-state index in [0.717, 1.165) is 12.8 Å². The molecular weight excluding hydrogens is 254 g/mol. The Kier molecular flexibility index (Phi) is 2.87. The molecule has 1 amide bonds. The maximum Gasteiger partial charge on any atom is 0.228 e. The average Bonchev–Trinajstić information content (AvgIpc) is 2.35. The van der Waals surface area contributed by atoms with E-state index in [-0.39, 0.29) is 5.41 Å². The Labute approximate surface area is 101 Å². The van der Waals surface area contributed by atoms with Crippen molar-refractivity contribution in [3.8, 4) is 0 Å². The van der Waals surface area contributed by atoms with Crippen LogP contribution in [0.3, 0.4) is 0 Å². The maximum atomic E-state index is 12.3. The van der Waals surface area contributed by atoms with Gasteiger partial charge in [0, 0.05) is 22.3 Å². The maximum absolute atomic E-state index is 12.3. The minimum Gasteiger partial charge on any atom is -0.336 e. The van der Waals surface area contributed by atoms with Crippen LogP contribution >= 0.6 is 15.9 Å². The van der Waals surface area contributed by atoms with Crippen molar-refractivity contribution < 1.29 is 4.79 Å². The van der Waals surface area contributed by atoms with Gasteiger partial charge in [0.1, 0.15) is 0 Å². The third kappa shape index (κ3) is 2.08. The third-order valence-electron chi connectivity index (χ3n) is 3.55. The number of fused-ring (bicyclic) bond motifs is 2. The first kappa shape index (κ1) is 11.4. The van der Waals surface area contributed by atoms with Crippen molar-refractivity contribution in [3.05, 3.63) is 0 Å². The minimum absolute atomic E-state index is 0.222. The van der Waals surface area contributed by atoms with Gasteiger partial charge in [-0.3, -0.25) is 4.79 Å². The molecule has 2 atom stereocenters. The summed E-state index contributed by atoms with van der Waals surface area (Å²) in [5, 5.41) is 0. The molecule has 0 spiro atoms. The lowest BCUT2D eigenvalue weighted by Gasteiger charge is -2.40. The molecule has 0 aliphatic carbocycles. The second kappa shape index (κ2) is 3.76. The zero-order chi connectivity index (χ0) is 11.2. The molecule has 0 aromatic rings. The van der Waals surface area contributed by atoms with Crippen LogP contribution in [0.25, 0.3) is 0 Å². The highest BCUT2D eigenvalue weighted by Crippen LogP contribution is 2.40. The monoisotopic (exact) mass is 273 g/mol. The predicted molar refractivity (Wildman–Crippen MR) is 65.1 cm³/mol. The van der Waals surface area contributed by atoms with Gasteiger partial charge >= 0.3 is 0 Å². The summed E-state index contributed by atoms with van der Waals surface area (Å²) in [6.07, 6.45) is 4.68. The van der Waals surface area contributed by atoms with E-state index in [0.29, 0.717) is 22.8 Å². The summed E-state index contributed by atoms with van der Waals surface area (Å²) in [6.45, 7) is 6.07. The van der Waals surface area contributed by atoms with Crippen LogP contribution < -0.4 is 0 Å². The van der Waals surface area contributed by atoms with E-state index in [1.807, 2.05) is 20.8 Å². The number of alkyl halides is 1. The zero-order valence-electron chi connectivity index (χ0n) is 9.79.